The van der Waals surface area contributed by atoms with E-state index >= 15 is 0 Å². The third kappa shape index (κ3) is 6.70. The summed E-state index contributed by atoms with van der Waals surface area (Å²) in [6, 6.07) is 4.84. The molecule has 34 heavy (non-hydrogen) atoms. The Morgan fingerprint density at radius 1 is 1.26 bits per heavy atom. The fraction of sp³-hybridized carbons (Fsp3) is 0.455. The smallest absolute Gasteiger partial charge is 0.316 e. The molecule has 184 valence electrons. The Balaban J connectivity index is 1.55. The van der Waals surface area contributed by atoms with Crippen LogP contribution in [0.3, 0.4) is 0 Å². The lowest BCUT2D eigenvalue weighted by Gasteiger charge is -2.30. The highest BCUT2D eigenvalue weighted by atomic mass is 32.2. The van der Waals surface area contributed by atoms with E-state index in [2.05, 4.69) is 9.97 Å². The van der Waals surface area contributed by atoms with Crippen molar-refractivity contribution < 1.29 is 27.1 Å². The number of esters is 1. The number of nitrogens with two attached hydrogens (primary N) is 1. The fourth-order valence-corrected chi connectivity index (χ4v) is 4.67. The molecule has 3 N–H and O–H groups in total. The molecule has 0 atom stereocenters. The molecule has 0 spiro atoms. The van der Waals surface area contributed by atoms with Gasteiger partial charge in [-0.25, -0.2) is 27.1 Å². The molecule has 0 amide bonds. The second-order valence-corrected chi connectivity index (χ2v) is 10.2. The minimum absolute atomic E-state index is 0.100. The van der Waals surface area contributed by atoms with Crippen molar-refractivity contribution in [2.24, 2.45) is 11.7 Å². The van der Waals surface area contributed by atoms with Gasteiger partial charge in [0.25, 0.3) is 0 Å². The van der Waals surface area contributed by atoms with Gasteiger partial charge in [-0.15, -0.1) is 0 Å². The zero-order chi connectivity index (χ0) is 24.7. The van der Waals surface area contributed by atoms with E-state index in [1.807, 2.05) is 0 Å². The van der Waals surface area contributed by atoms with Crippen LogP contribution in [-0.4, -0.2) is 59.9 Å². The van der Waals surface area contributed by atoms with E-state index in [1.165, 1.54) is 22.8 Å². The maximum atomic E-state index is 14.9. The van der Waals surface area contributed by atoms with Gasteiger partial charge in [0.15, 0.2) is 0 Å². The molecule has 3 rings (SSSR count). The quantitative estimate of drug-likeness (QED) is 0.290. The molecule has 2 heterocycles. The fourth-order valence-electron chi connectivity index (χ4n) is 3.54. The number of ether oxygens (including phenoxy) is 2. The van der Waals surface area contributed by atoms with E-state index in [9.17, 15) is 17.6 Å². The summed E-state index contributed by atoms with van der Waals surface area (Å²) in [6.45, 7) is 2.67. The lowest BCUT2D eigenvalue weighted by atomic mass is 9.99. The number of carbonyl (C=O) groups is 1. The van der Waals surface area contributed by atoms with Gasteiger partial charge in [0.1, 0.15) is 24.7 Å². The number of carbonyl (C=O) groups excluding carboxylic acids is 1. The number of hydrogen-bond donors (Lipinski definition) is 2. The summed E-state index contributed by atoms with van der Waals surface area (Å²) in [5.41, 5.74) is 6.00. The van der Waals surface area contributed by atoms with E-state index in [-0.39, 0.29) is 47.7 Å². The molecule has 0 bridgehead atoms. The Morgan fingerprint density at radius 2 is 1.94 bits per heavy atom. The van der Waals surface area contributed by atoms with Crippen LogP contribution < -0.4 is 10.5 Å². The number of halogens is 1. The number of nitrogens with zero attached hydrogens (tertiary/aromatic N) is 3. The number of rotatable bonds is 10. The molecule has 1 saturated heterocycles. The summed E-state index contributed by atoms with van der Waals surface area (Å²) in [5.74, 6) is -1.30. The number of sulfonamides is 1. The molecular formula is C22H28FN5O5S. The summed E-state index contributed by atoms with van der Waals surface area (Å²) in [5, 5.41) is 7.09. The highest BCUT2D eigenvalue weighted by Crippen LogP contribution is 2.26. The predicted octanol–water partition coefficient (Wildman–Crippen LogP) is 2.09. The molecule has 0 unspecified atom stereocenters. The third-order valence-corrected chi connectivity index (χ3v) is 7.40. The van der Waals surface area contributed by atoms with Gasteiger partial charge in [0, 0.05) is 42.2 Å². The van der Waals surface area contributed by atoms with Gasteiger partial charge in [-0.05, 0) is 25.7 Å². The van der Waals surface area contributed by atoms with Crippen LogP contribution in [0, 0.1) is 17.1 Å². The number of amidine groups is 1. The second-order valence-electron chi connectivity index (χ2n) is 7.95. The van der Waals surface area contributed by atoms with Crippen molar-refractivity contribution in [3.05, 3.63) is 42.0 Å². The van der Waals surface area contributed by atoms with Gasteiger partial charge in [-0.1, -0.05) is 18.2 Å². The van der Waals surface area contributed by atoms with Crippen LogP contribution in [0.15, 0.2) is 30.6 Å². The van der Waals surface area contributed by atoms with Crippen LogP contribution >= 0.6 is 0 Å². The van der Waals surface area contributed by atoms with Crippen molar-refractivity contribution in [3.8, 4) is 17.1 Å². The van der Waals surface area contributed by atoms with Crippen LogP contribution in [0.2, 0.25) is 0 Å². The molecule has 1 aliphatic rings. The number of nitrogens with one attached hydrogen (secondary N) is 1. The van der Waals surface area contributed by atoms with E-state index in [4.69, 9.17) is 20.6 Å². The lowest BCUT2D eigenvalue weighted by Crippen LogP contribution is -2.40. The second kappa shape index (κ2) is 11.3. The number of aromatic nitrogens is 2. The third-order valence-electron chi connectivity index (χ3n) is 5.52. The number of piperidine rings is 1. The highest BCUT2D eigenvalue weighted by molar-refractivity contribution is 7.89. The first kappa shape index (κ1) is 25.5. The topological polar surface area (TPSA) is 149 Å². The van der Waals surface area contributed by atoms with Crippen molar-refractivity contribution in [3.63, 3.8) is 0 Å². The number of hydrogen-bond acceptors (Lipinski definition) is 8. The van der Waals surface area contributed by atoms with E-state index in [0.717, 1.165) is 0 Å². The van der Waals surface area contributed by atoms with Crippen molar-refractivity contribution in [1.29, 1.82) is 5.41 Å². The van der Waals surface area contributed by atoms with Gasteiger partial charge in [0.05, 0.1) is 12.4 Å². The predicted molar refractivity (Wildman–Crippen MR) is 123 cm³/mol. The summed E-state index contributed by atoms with van der Waals surface area (Å²) in [6.07, 6.45) is 3.94. The summed E-state index contributed by atoms with van der Waals surface area (Å²) >= 11 is 0. The molecule has 10 nitrogen and oxygen atoms in total. The van der Waals surface area contributed by atoms with E-state index in [1.54, 1.807) is 19.1 Å². The van der Waals surface area contributed by atoms with Crippen molar-refractivity contribution in [2.75, 3.05) is 25.4 Å². The monoisotopic (exact) mass is 493 g/mol. The van der Waals surface area contributed by atoms with Crippen LogP contribution in [0.1, 0.15) is 31.7 Å². The Hall–Kier alpha value is -3.12. The first-order valence-corrected chi connectivity index (χ1v) is 12.5. The summed E-state index contributed by atoms with van der Waals surface area (Å²) in [7, 11) is -3.16. The largest absolute Gasteiger partial charge is 0.463 e. The maximum Gasteiger partial charge on any atom is 0.316 e. The summed E-state index contributed by atoms with van der Waals surface area (Å²) in [4.78, 5) is 19.9. The Bertz CT molecular complexity index is 1120. The van der Waals surface area contributed by atoms with Crippen LogP contribution in [0.25, 0.3) is 11.1 Å². The maximum absolute atomic E-state index is 14.9. The van der Waals surface area contributed by atoms with Gasteiger partial charge >= 0.3 is 12.0 Å². The van der Waals surface area contributed by atoms with Crippen molar-refractivity contribution >= 4 is 21.8 Å². The van der Waals surface area contributed by atoms with Gasteiger partial charge < -0.3 is 15.2 Å². The molecule has 0 saturated carbocycles. The summed E-state index contributed by atoms with van der Waals surface area (Å²) < 4.78 is 51.0. The first-order chi connectivity index (χ1) is 16.2. The highest BCUT2D eigenvalue weighted by Gasteiger charge is 2.27. The SMILES string of the molecule is CCS(=O)(=O)N1CCC(COc2ncc(-c3cccc(COC(=O)CC(=N)N)c3F)cn2)CC1. The van der Waals surface area contributed by atoms with Gasteiger partial charge in [0.2, 0.25) is 10.0 Å². The average molecular weight is 494 g/mol. The number of benzene rings is 1. The minimum atomic E-state index is -3.16. The normalized spacial score (nSPS) is 15.1. The Labute approximate surface area is 197 Å². The van der Waals surface area contributed by atoms with Crippen LogP contribution in [-0.2, 0) is 26.2 Å². The standard InChI is InChI=1S/C22H28FN5O5S/c1-2-34(30,31)28-8-6-15(7-9-28)13-33-22-26-11-17(12-27-22)18-5-3-4-16(21(18)23)14-32-20(29)10-19(24)25/h3-5,11-12,15H,2,6-10,13-14H2,1H3,(H3,24,25). The molecule has 1 fully saturated rings. The molecule has 0 radical (unpaired) electrons. The average Bonchev–Trinajstić information content (AvgIpc) is 2.82. The van der Waals surface area contributed by atoms with Gasteiger partial charge in [-0.2, -0.15) is 0 Å². The first-order valence-electron chi connectivity index (χ1n) is 10.9. The zero-order valence-corrected chi connectivity index (χ0v) is 19.7. The molecular weight excluding hydrogens is 465 g/mol. The molecule has 12 heteroatoms. The van der Waals surface area contributed by atoms with Crippen LogP contribution in [0.5, 0.6) is 6.01 Å². The van der Waals surface area contributed by atoms with E-state index < -0.39 is 21.8 Å². The van der Waals surface area contributed by atoms with E-state index in [0.29, 0.717) is 38.1 Å². The zero-order valence-electron chi connectivity index (χ0n) is 18.9. The Morgan fingerprint density at radius 3 is 2.56 bits per heavy atom. The van der Waals surface area contributed by atoms with Crippen LogP contribution in [0.4, 0.5) is 4.39 Å². The molecule has 2 aromatic rings. The molecule has 1 aromatic carbocycles. The molecule has 0 aliphatic carbocycles. The molecule has 1 aliphatic heterocycles. The lowest BCUT2D eigenvalue weighted by molar-refractivity contribution is -0.143. The minimum Gasteiger partial charge on any atom is -0.463 e. The van der Waals surface area contributed by atoms with Crippen molar-refractivity contribution in [1.82, 2.24) is 14.3 Å². The van der Waals surface area contributed by atoms with Crippen molar-refractivity contribution in [2.45, 2.75) is 32.8 Å². The Kier molecular flexibility index (Phi) is 8.51. The van der Waals surface area contributed by atoms with Gasteiger partial charge in [-0.3, -0.25) is 10.2 Å². The molecule has 1 aromatic heterocycles.